The van der Waals surface area contributed by atoms with E-state index >= 15 is 0 Å². The Hall–Kier alpha value is -2.38. The van der Waals surface area contributed by atoms with Crippen LogP contribution in [0.1, 0.15) is 43.6 Å². The molecule has 0 heterocycles. The highest BCUT2D eigenvalue weighted by atomic mass is 79.9. The Balaban J connectivity index is 2.01. The Morgan fingerprint density at radius 2 is 1.87 bits per heavy atom. The van der Waals surface area contributed by atoms with Crippen LogP contribution >= 0.6 is 27.5 Å². The zero-order valence-electron chi connectivity index (χ0n) is 17.3. The van der Waals surface area contributed by atoms with Gasteiger partial charge in [0.15, 0.2) is 0 Å². The van der Waals surface area contributed by atoms with Gasteiger partial charge in [-0.3, -0.25) is 9.59 Å². The Kier molecular flexibility index (Phi) is 8.87. The molecule has 0 radical (unpaired) electrons. The van der Waals surface area contributed by atoms with Gasteiger partial charge in [0.25, 0.3) is 11.8 Å². The molecule has 0 aliphatic rings. The first kappa shape index (κ1) is 23.9. The minimum absolute atomic E-state index is 0.0650. The second kappa shape index (κ2) is 11.1. The van der Waals surface area contributed by atoms with Crippen molar-refractivity contribution in [3.8, 4) is 5.75 Å². The summed E-state index contributed by atoms with van der Waals surface area (Å²) in [5.74, 6) is -0.185. The van der Waals surface area contributed by atoms with E-state index in [0.29, 0.717) is 10.6 Å². The van der Waals surface area contributed by atoms with Crippen molar-refractivity contribution in [3.05, 3.63) is 63.1 Å². The molecule has 8 heteroatoms. The van der Waals surface area contributed by atoms with Crippen molar-refractivity contribution in [3.63, 3.8) is 0 Å². The first-order valence-corrected chi connectivity index (χ1v) is 10.7. The van der Waals surface area contributed by atoms with Crippen LogP contribution in [0.3, 0.4) is 0 Å². The average molecular weight is 495 g/mol. The zero-order valence-corrected chi connectivity index (χ0v) is 19.6. The lowest BCUT2D eigenvalue weighted by molar-refractivity contribution is -0.123. The first-order valence-electron chi connectivity index (χ1n) is 9.53. The highest BCUT2D eigenvalue weighted by Crippen LogP contribution is 2.26. The highest BCUT2D eigenvalue weighted by Gasteiger charge is 2.24. The standard InChI is InChI=1S/C22H25BrClN3O3/c1-13(2)20(26-21(28)16-6-5-7-17(24)11-16)22(29)27-25-12-15-8-9-19(18(23)10-15)30-14(3)4/h5-14,20H,1-4H3,(H,26,28)(H,27,29). The first-order chi connectivity index (χ1) is 14.2. The van der Waals surface area contributed by atoms with Crippen molar-refractivity contribution >= 4 is 45.6 Å². The van der Waals surface area contributed by atoms with Gasteiger partial charge in [0.2, 0.25) is 0 Å². The molecule has 0 saturated heterocycles. The molecule has 2 amide bonds. The molecule has 0 aliphatic heterocycles. The minimum Gasteiger partial charge on any atom is -0.490 e. The van der Waals surface area contributed by atoms with E-state index in [-0.39, 0.29) is 17.9 Å². The molecule has 0 saturated carbocycles. The van der Waals surface area contributed by atoms with E-state index in [1.807, 2.05) is 45.9 Å². The van der Waals surface area contributed by atoms with Gasteiger partial charge in [-0.2, -0.15) is 5.10 Å². The van der Waals surface area contributed by atoms with Gasteiger partial charge in [0.1, 0.15) is 11.8 Å². The van der Waals surface area contributed by atoms with E-state index in [4.69, 9.17) is 16.3 Å². The number of hydrazone groups is 1. The van der Waals surface area contributed by atoms with E-state index in [2.05, 4.69) is 31.8 Å². The van der Waals surface area contributed by atoms with Gasteiger partial charge < -0.3 is 10.1 Å². The second-order valence-corrected chi connectivity index (χ2v) is 8.59. The Morgan fingerprint density at radius 3 is 2.47 bits per heavy atom. The van der Waals surface area contributed by atoms with Crippen LogP contribution in [0.2, 0.25) is 5.02 Å². The minimum atomic E-state index is -0.748. The molecule has 0 fully saturated rings. The fourth-order valence-electron chi connectivity index (χ4n) is 2.58. The number of nitrogens with one attached hydrogen (secondary N) is 2. The van der Waals surface area contributed by atoms with Crippen LogP contribution in [0.25, 0.3) is 0 Å². The van der Waals surface area contributed by atoms with Crippen molar-refractivity contribution in [1.82, 2.24) is 10.7 Å². The second-order valence-electron chi connectivity index (χ2n) is 7.30. The lowest BCUT2D eigenvalue weighted by atomic mass is 10.0. The Bertz CT molecular complexity index is 932. The van der Waals surface area contributed by atoms with E-state index < -0.39 is 11.9 Å². The molecule has 0 bridgehead atoms. The quantitative estimate of drug-likeness (QED) is 0.409. The molecule has 6 nitrogen and oxygen atoms in total. The largest absolute Gasteiger partial charge is 0.490 e. The number of hydrogen-bond acceptors (Lipinski definition) is 4. The summed E-state index contributed by atoms with van der Waals surface area (Å²) in [4.78, 5) is 25.0. The van der Waals surface area contributed by atoms with Crippen LogP contribution in [-0.2, 0) is 4.79 Å². The van der Waals surface area contributed by atoms with E-state index in [1.165, 1.54) is 6.21 Å². The molecule has 2 rings (SSSR count). The van der Waals surface area contributed by atoms with Gasteiger partial charge >= 0.3 is 0 Å². The molecule has 0 aromatic heterocycles. The van der Waals surface area contributed by atoms with Gasteiger partial charge in [-0.05, 0) is 77.7 Å². The van der Waals surface area contributed by atoms with Gasteiger partial charge in [-0.15, -0.1) is 0 Å². The van der Waals surface area contributed by atoms with E-state index in [0.717, 1.165) is 15.8 Å². The van der Waals surface area contributed by atoms with Crippen LogP contribution in [0.4, 0.5) is 0 Å². The molecule has 1 unspecified atom stereocenters. The smallest absolute Gasteiger partial charge is 0.262 e. The molecule has 2 aromatic rings. The summed E-state index contributed by atoms with van der Waals surface area (Å²) < 4.78 is 6.46. The lowest BCUT2D eigenvalue weighted by Crippen LogP contribution is -2.48. The van der Waals surface area contributed by atoms with Crippen molar-refractivity contribution in [2.24, 2.45) is 11.0 Å². The van der Waals surface area contributed by atoms with E-state index in [1.54, 1.807) is 24.3 Å². The average Bonchev–Trinajstić information content (AvgIpc) is 2.67. The molecule has 0 aliphatic carbocycles. The van der Waals surface area contributed by atoms with Crippen molar-refractivity contribution in [2.75, 3.05) is 0 Å². The molecular weight excluding hydrogens is 470 g/mol. The summed E-state index contributed by atoms with van der Waals surface area (Å²) in [5, 5.41) is 7.20. The number of ether oxygens (including phenoxy) is 1. The molecule has 2 N–H and O–H groups in total. The maximum absolute atomic E-state index is 12.6. The molecule has 30 heavy (non-hydrogen) atoms. The van der Waals surface area contributed by atoms with Crippen LogP contribution < -0.4 is 15.5 Å². The summed E-state index contributed by atoms with van der Waals surface area (Å²) >= 11 is 9.40. The highest BCUT2D eigenvalue weighted by molar-refractivity contribution is 9.10. The zero-order chi connectivity index (χ0) is 22.3. The third kappa shape index (κ3) is 7.15. The molecule has 160 valence electrons. The van der Waals surface area contributed by atoms with Crippen LogP contribution in [0.15, 0.2) is 52.0 Å². The number of halogens is 2. The number of rotatable bonds is 8. The van der Waals surface area contributed by atoms with Gasteiger partial charge in [-0.25, -0.2) is 5.43 Å². The topological polar surface area (TPSA) is 79.8 Å². The summed E-state index contributed by atoms with van der Waals surface area (Å²) in [6, 6.07) is 11.3. The molecule has 2 aromatic carbocycles. The summed E-state index contributed by atoms with van der Waals surface area (Å²) in [7, 11) is 0. The Morgan fingerprint density at radius 1 is 1.13 bits per heavy atom. The number of hydrogen-bond donors (Lipinski definition) is 2. The Labute approximate surface area is 190 Å². The van der Waals surface area contributed by atoms with Crippen LogP contribution in [0, 0.1) is 5.92 Å². The van der Waals surface area contributed by atoms with Crippen molar-refractivity contribution in [1.29, 1.82) is 0 Å². The number of benzene rings is 2. The third-order valence-corrected chi connectivity index (χ3v) is 4.88. The predicted octanol–water partition coefficient (Wildman–Crippen LogP) is 4.79. The fourth-order valence-corrected chi connectivity index (χ4v) is 3.26. The van der Waals surface area contributed by atoms with Crippen molar-refractivity contribution < 1.29 is 14.3 Å². The number of carbonyl (C=O) groups excluding carboxylic acids is 2. The number of nitrogens with zero attached hydrogens (tertiary/aromatic N) is 1. The maximum Gasteiger partial charge on any atom is 0.262 e. The fraction of sp³-hybridized carbons (Fsp3) is 0.318. The SMILES string of the molecule is CC(C)Oc1ccc(C=NNC(=O)C(NC(=O)c2cccc(Cl)c2)C(C)C)cc1Br. The lowest BCUT2D eigenvalue weighted by Gasteiger charge is -2.20. The van der Waals surface area contributed by atoms with Crippen LogP contribution in [0.5, 0.6) is 5.75 Å². The predicted molar refractivity (Wildman–Crippen MR) is 123 cm³/mol. The van der Waals surface area contributed by atoms with E-state index in [9.17, 15) is 9.59 Å². The third-order valence-electron chi connectivity index (χ3n) is 4.03. The molecular formula is C22H25BrClN3O3. The number of carbonyl (C=O) groups is 2. The normalized spacial score (nSPS) is 12.3. The molecule has 0 spiro atoms. The van der Waals surface area contributed by atoms with Crippen LogP contribution in [-0.4, -0.2) is 30.2 Å². The monoisotopic (exact) mass is 493 g/mol. The van der Waals surface area contributed by atoms with Gasteiger partial charge in [0, 0.05) is 10.6 Å². The summed E-state index contributed by atoms with van der Waals surface area (Å²) in [5.41, 5.74) is 3.66. The van der Waals surface area contributed by atoms with Gasteiger partial charge in [-0.1, -0.05) is 31.5 Å². The van der Waals surface area contributed by atoms with Gasteiger partial charge in [0.05, 0.1) is 16.8 Å². The summed E-state index contributed by atoms with van der Waals surface area (Å²) in [6.45, 7) is 7.59. The number of amides is 2. The van der Waals surface area contributed by atoms with Crippen molar-refractivity contribution in [2.45, 2.75) is 39.8 Å². The maximum atomic E-state index is 12.6. The molecule has 1 atom stereocenters. The summed E-state index contributed by atoms with van der Waals surface area (Å²) in [6.07, 6.45) is 1.59.